The topological polar surface area (TPSA) is 18.5 Å². The number of hydrogen-bond donors (Lipinski definition) is 0. The van der Waals surface area contributed by atoms with E-state index in [1.165, 1.54) is 0 Å². The Morgan fingerprint density at radius 2 is 1.84 bits per heavy atom. The normalized spacial score (nSPS) is 10.3. The van der Waals surface area contributed by atoms with Crippen LogP contribution in [0.15, 0.2) is 36.4 Å². The van der Waals surface area contributed by atoms with Gasteiger partial charge >= 0.3 is 0 Å². The number of methoxy groups -OCH3 is 1. The van der Waals surface area contributed by atoms with Crippen molar-refractivity contribution in [1.82, 2.24) is 0 Å². The molecule has 0 aliphatic heterocycles. The van der Waals surface area contributed by atoms with Crippen LogP contribution in [-0.2, 0) is 5.88 Å². The van der Waals surface area contributed by atoms with Crippen molar-refractivity contribution >= 4 is 23.2 Å². The minimum atomic E-state index is 0.295. The molecule has 2 nitrogen and oxygen atoms in total. The van der Waals surface area contributed by atoms with Crippen molar-refractivity contribution in [2.24, 2.45) is 0 Å². The lowest BCUT2D eigenvalue weighted by Crippen LogP contribution is -1.94. The van der Waals surface area contributed by atoms with Crippen LogP contribution >= 0.6 is 23.2 Å². The van der Waals surface area contributed by atoms with Crippen LogP contribution in [-0.4, -0.2) is 7.11 Å². The monoisotopic (exact) mass is 296 g/mol. The molecule has 2 rings (SSSR count). The zero-order valence-corrected chi connectivity index (χ0v) is 12.3. The van der Waals surface area contributed by atoms with Crippen molar-refractivity contribution < 1.29 is 9.47 Å². The summed E-state index contributed by atoms with van der Waals surface area (Å²) in [5.41, 5.74) is 1.88. The first-order chi connectivity index (χ1) is 9.15. The van der Waals surface area contributed by atoms with Gasteiger partial charge in [0.25, 0.3) is 0 Å². The SMILES string of the molecule is COc1cc(C)ccc1Oc1cccc(Cl)c1CCl. The van der Waals surface area contributed by atoms with Gasteiger partial charge in [-0.1, -0.05) is 23.7 Å². The van der Waals surface area contributed by atoms with Gasteiger partial charge in [0.05, 0.1) is 13.0 Å². The van der Waals surface area contributed by atoms with Crippen LogP contribution in [0.2, 0.25) is 5.02 Å². The van der Waals surface area contributed by atoms with Crippen LogP contribution in [0.25, 0.3) is 0 Å². The largest absolute Gasteiger partial charge is 0.493 e. The highest BCUT2D eigenvalue weighted by atomic mass is 35.5. The first-order valence-electron chi connectivity index (χ1n) is 5.81. The molecule has 100 valence electrons. The van der Waals surface area contributed by atoms with Gasteiger partial charge in [0.2, 0.25) is 0 Å². The molecule has 0 amide bonds. The molecular formula is C15H14Cl2O2. The summed E-state index contributed by atoms with van der Waals surface area (Å²) >= 11 is 12.0. The van der Waals surface area contributed by atoms with Crippen molar-refractivity contribution in [2.75, 3.05) is 7.11 Å². The van der Waals surface area contributed by atoms with E-state index in [1.54, 1.807) is 13.2 Å². The third-order valence-corrected chi connectivity index (χ3v) is 3.37. The average Bonchev–Trinajstić information content (AvgIpc) is 2.41. The molecule has 0 aromatic heterocycles. The van der Waals surface area contributed by atoms with Gasteiger partial charge in [0.15, 0.2) is 11.5 Å². The molecule has 0 N–H and O–H groups in total. The van der Waals surface area contributed by atoms with E-state index in [-0.39, 0.29) is 0 Å². The summed E-state index contributed by atoms with van der Waals surface area (Å²) in [4.78, 5) is 0. The average molecular weight is 297 g/mol. The quantitative estimate of drug-likeness (QED) is 0.723. The van der Waals surface area contributed by atoms with Crippen LogP contribution < -0.4 is 9.47 Å². The second-order valence-corrected chi connectivity index (χ2v) is 4.78. The van der Waals surface area contributed by atoms with Crippen molar-refractivity contribution in [3.05, 3.63) is 52.5 Å². The molecule has 0 saturated heterocycles. The van der Waals surface area contributed by atoms with Gasteiger partial charge in [-0.2, -0.15) is 0 Å². The lowest BCUT2D eigenvalue weighted by molar-refractivity contribution is 0.377. The van der Waals surface area contributed by atoms with E-state index in [1.807, 2.05) is 37.3 Å². The van der Waals surface area contributed by atoms with Gasteiger partial charge in [-0.25, -0.2) is 0 Å². The van der Waals surface area contributed by atoms with E-state index in [9.17, 15) is 0 Å². The molecule has 2 aromatic carbocycles. The highest BCUT2D eigenvalue weighted by Crippen LogP contribution is 2.36. The van der Waals surface area contributed by atoms with Gasteiger partial charge in [-0.15, -0.1) is 11.6 Å². The van der Waals surface area contributed by atoms with Gasteiger partial charge in [-0.3, -0.25) is 0 Å². The van der Waals surface area contributed by atoms with Crippen LogP contribution in [0, 0.1) is 6.92 Å². The van der Waals surface area contributed by atoms with E-state index in [0.29, 0.717) is 28.2 Å². The van der Waals surface area contributed by atoms with Gasteiger partial charge in [0.1, 0.15) is 5.75 Å². The summed E-state index contributed by atoms with van der Waals surface area (Å²) in [6.07, 6.45) is 0. The van der Waals surface area contributed by atoms with Gasteiger partial charge in [-0.05, 0) is 36.8 Å². The molecule has 4 heteroatoms. The molecule has 19 heavy (non-hydrogen) atoms. The summed E-state index contributed by atoms with van der Waals surface area (Å²) < 4.78 is 11.2. The Bertz CT molecular complexity index is 582. The first-order valence-corrected chi connectivity index (χ1v) is 6.72. The second kappa shape index (κ2) is 6.18. The summed E-state index contributed by atoms with van der Waals surface area (Å²) in [7, 11) is 1.61. The Morgan fingerprint density at radius 3 is 2.53 bits per heavy atom. The number of ether oxygens (including phenoxy) is 2. The molecule has 0 radical (unpaired) electrons. The van der Waals surface area contributed by atoms with E-state index >= 15 is 0 Å². The Hall–Kier alpha value is -1.38. The van der Waals surface area contributed by atoms with Crippen LogP contribution in [0.4, 0.5) is 0 Å². The van der Waals surface area contributed by atoms with Crippen LogP contribution in [0.3, 0.4) is 0 Å². The fourth-order valence-corrected chi connectivity index (χ4v) is 2.32. The Labute approximate surface area is 122 Å². The highest BCUT2D eigenvalue weighted by Gasteiger charge is 2.11. The lowest BCUT2D eigenvalue weighted by Gasteiger charge is -2.13. The number of aryl methyl sites for hydroxylation is 1. The summed E-state index contributed by atoms with van der Waals surface area (Å²) in [6.45, 7) is 2.00. The Morgan fingerprint density at radius 1 is 1.05 bits per heavy atom. The van der Waals surface area contributed by atoms with Gasteiger partial charge in [0, 0.05) is 10.6 Å². The molecule has 0 aliphatic carbocycles. The molecule has 0 atom stereocenters. The third-order valence-electron chi connectivity index (χ3n) is 2.75. The number of rotatable bonds is 4. The number of alkyl halides is 1. The maximum Gasteiger partial charge on any atom is 0.169 e. The molecule has 0 bridgehead atoms. The van der Waals surface area contributed by atoms with Crippen LogP contribution in [0.5, 0.6) is 17.2 Å². The minimum absolute atomic E-state index is 0.295. The summed E-state index contributed by atoms with van der Waals surface area (Å²) in [5, 5.41) is 0.596. The Kier molecular flexibility index (Phi) is 4.56. The lowest BCUT2D eigenvalue weighted by atomic mass is 10.2. The van der Waals surface area contributed by atoms with Crippen molar-refractivity contribution in [3.63, 3.8) is 0 Å². The molecule has 0 spiro atoms. The molecular weight excluding hydrogens is 283 g/mol. The standard InChI is InChI=1S/C15H14Cl2O2/c1-10-6-7-14(15(8-10)18-2)19-13-5-3-4-12(17)11(13)9-16/h3-8H,9H2,1-2H3. The zero-order valence-electron chi connectivity index (χ0n) is 10.7. The molecule has 0 heterocycles. The molecule has 0 saturated carbocycles. The predicted octanol–water partition coefficient (Wildman–Crippen LogP) is 5.19. The Balaban J connectivity index is 2.39. The van der Waals surface area contributed by atoms with Crippen LogP contribution in [0.1, 0.15) is 11.1 Å². The fourth-order valence-electron chi connectivity index (χ4n) is 1.74. The first kappa shape index (κ1) is 14.0. The smallest absolute Gasteiger partial charge is 0.169 e. The van der Waals surface area contributed by atoms with Crippen molar-refractivity contribution in [2.45, 2.75) is 12.8 Å². The number of hydrogen-bond acceptors (Lipinski definition) is 2. The van der Waals surface area contributed by atoms with Gasteiger partial charge < -0.3 is 9.47 Å². The second-order valence-electron chi connectivity index (χ2n) is 4.11. The van der Waals surface area contributed by atoms with E-state index in [4.69, 9.17) is 32.7 Å². The van der Waals surface area contributed by atoms with Crippen molar-refractivity contribution in [1.29, 1.82) is 0 Å². The molecule has 0 fully saturated rings. The minimum Gasteiger partial charge on any atom is -0.493 e. The summed E-state index contributed by atoms with van der Waals surface area (Å²) in [5.74, 6) is 2.26. The van der Waals surface area contributed by atoms with E-state index in [0.717, 1.165) is 11.1 Å². The predicted molar refractivity (Wildman–Crippen MR) is 78.8 cm³/mol. The number of benzene rings is 2. The zero-order chi connectivity index (χ0) is 13.8. The van der Waals surface area contributed by atoms with Crippen molar-refractivity contribution in [3.8, 4) is 17.2 Å². The fraction of sp³-hybridized carbons (Fsp3) is 0.200. The molecule has 2 aromatic rings. The van der Waals surface area contributed by atoms with E-state index < -0.39 is 0 Å². The maximum atomic E-state index is 6.10. The highest BCUT2D eigenvalue weighted by molar-refractivity contribution is 6.32. The number of halogens is 2. The third kappa shape index (κ3) is 3.14. The summed E-state index contributed by atoms with van der Waals surface area (Å²) in [6, 6.07) is 11.2. The maximum absolute atomic E-state index is 6.10. The molecule has 0 aliphatic rings. The van der Waals surface area contributed by atoms with E-state index in [2.05, 4.69) is 0 Å². The molecule has 0 unspecified atom stereocenters.